The number of pyridine rings is 1. The summed E-state index contributed by atoms with van der Waals surface area (Å²) in [6, 6.07) is 3.45. The first-order valence-electron chi connectivity index (χ1n) is 6.10. The monoisotopic (exact) mass is 259 g/mol. The first kappa shape index (κ1) is 11.7. The highest BCUT2D eigenvalue weighted by Crippen LogP contribution is 2.27. The minimum atomic E-state index is -0.787. The predicted octanol–water partition coefficient (Wildman–Crippen LogP) is 0.927. The summed E-state index contributed by atoms with van der Waals surface area (Å²) in [5.74, 6) is -1.28. The Kier molecular flexibility index (Phi) is 2.70. The van der Waals surface area contributed by atoms with E-state index < -0.39 is 5.97 Å². The summed E-state index contributed by atoms with van der Waals surface area (Å²) in [6.45, 7) is 0. The third kappa shape index (κ3) is 2.16. The number of nitrogens with one attached hydrogen (secondary N) is 1. The number of aliphatic carboxylic acids is 1. The van der Waals surface area contributed by atoms with Crippen molar-refractivity contribution in [2.24, 2.45) is 5.92 Å². The van der Waals surface area contributed by atoms with Crippen molar-refractivity contribution < 1.29 is 14.7 Å². The van der Waals surface area contributed by atoms with Crippen LogP contribution < -0.4 is 5.32 Å². The fraction of sp³-hybridized carbons (Fsp3) is 0.308. The van der Waals surface area contributed by atoms with Crippen LogP contribution in [0.1, 0.15) is 23.2 Å². The summed E-state index contributed by atoms with van der Waals surface area (Å²) in [4.78, 5) is 26.8. The number of nitrogens with zero attached hydrogens (tertiary/aromatic N) is 2. The molecule has 19 heavy (non-hydrogen) atoms. The number of carbonyl (C=O) groups excluding carboxylic acids is 1. The molecular formula is C13H13N3O3. The average molecular weight is 259 g/mol. The summed E-state index contributed by atoms with van der Waals surface area (Å²) in [6.07, 6.45) is 6.17. The smallest absolute Gasteiger partial charge is 0.306 e. The van der Waals surface area contributed by atoms with E-state index >= 15 is 0 Å². The molecule has 2 heterocycles. The van der Waals surface area contributed by atoms with Crippen LogP contribution in [0.3, 0.4) is 0 Å². The third-order valence-corrected chi connectivity index (χ3v) is 3.47. The van der Waals surface area contributed by atoms with Crippen LogP contribution in [0.5, 0.6) is 0 Å². The van der Waals surface area contributed by atoms with E-state index in [2.05, 4.69) is 10.3 Å². The standard InChI is InChI=1S/C13H13N3O3/c17-12(15-10-5-9(6-10)13(18)19)8-1-2-11-14-3-4-16(11)7-8/h1-4,7,9-10H,5-6H2,(H,15,17)(H,18,19). The molecule has 6 heteroatoms. The number of carboxylic acid groups (broad SMARTS) is 1. The van der Waals surface area contributed by atoms with Crippen molar-refractivity contribution in [2.45, 2.75) is 18.9 Å². The molecule has 0 unspecified atom stereocenters. The fourth-order valence-corrected chi connectivity index (χ4v) is 2.26. The number of fused-ring (bicyclic) bond motifs is 1. The third-order valence-electron chi connectivity index (χ3n) is 3.47. The highest BCUT2D eigenvalue weighted by molar-refractivity contribution is 5.94. The summed E-state index contributed by atoms with van der Waals surface area (Å²) < 4.78 is 1.77. The van der Waals surface area contributed by atoms with E-state index in [9.17, 15) is 9.59 Å². The molecule has 1 amide bonds. The van der Waals surface area contributed by atoms with Crippen molar-refractivity contribution in [1.29, 1.82) is 0 Å². The highest BCUT2D eigenvalue weighted by Gasteiger charge is 2.35. The van der Waals surface area contributed by atoms with Crippen LogP contribution in [0.2, 0.25) is 0 Å². The molecule has 0 saturated heterocycles. The lowest BCUT2D eigenvalue weighted by Crippen LogP contribution is -2.46. The van der Waals surface area contributed by atoms with Crippen LogP contribution in [-0.2, 0) is 4.79 Å². The maximum absolute atomic E-state index is 12.0. The van der Waals surface area contributed by atoms with Gasteiger partial charge in [-0.1, -0.05) is 0 Å². The van der Waals surface area contributed by atoms with Gasteiger partial charge in [-0.2, -0.15) is 0 Å². The van der Waals surface area contributed by atoms with Crippen molar-refractivity contribution in [3.05, 3.63) is 36.3 Å². The summed E-state index contributed by atoms with van der Waals surface area (Å²) in [7, 11) is 0. The van der Waals surface area contributed by atoms with E-state index in [0.29, 0.717) is 18.4 Å². The van der Waals surface area contributed by atoms with Crippen molar-refractivity contribution in [2.75, 3.05) is 0 Å². The van der Waals surface area contributed by atoms with Gasteiger partial charge in [0.1, 0.15) is 5.65 Å². The average Bonchev–Trinajstić information content (AvgIpc) is 2.79. The molecule has 3 rings (SSSR count). The molecule has 0 aromatic carbocycles. The van der Waals surface area contributed by atoms with Crippen molar-refractivity contribution >= 4 is 17.5 Å². The van der Waals surface area contributed by atoms with Crippen LogP contribution in [0, 0.1) is 5.92 Å². The van der Waals surface area contributed by atoms with Gasteiger partial charge >= 0.3 is 5.97 Å². The summed E-state index contributed by atoms with van der Waals surface area (Å²) >= 11 is 0. The van der Waals surface area contributed by atoms with Gasteiger partial charge < -0.3 is 14.8 Å². The number of carbonyl (C=O) groups is 2. The Morgan fingerprint density at radius 1 is 1.37 bits per heavy atom. The zero-order chi connectivity index (χ0) is 13.4. The number of imidazole rings is 1. The SMILES string of the molecule is O=C(NC1CC(C(=O)O)C1)c1ccc2nccn2c1. The Bertz CT molecular complexity index is 643. The van der Waals surface area contributed by atoms with Crippen LogP contribution >= 0.6 is 0 Å². The molecule has 98 valence electrons. The molecule has 0 atom stereocenters. The van der Waals surface area contributed by atoms with Crippen LogP contribution in [0.4, 0.5) is 0 Å². The van der Waals surface area contributed by atoms with Crippen LogP contribution in [-0.4, -0.2) is 32.4 Å². The second-order valence-electron chi connectivity index (χ2n) is 4.79. The minimum Gasteiger partial charge on any atom is -0.481 e. The first-order valence-corrected chi connectivity index (χ1v) is 6.10. The molecular weight excluding hydrogens is 246 g/mol. The number of aromatic nitrogens is 2. The highest BCUT2D eigenvalue weighted by atomic mass is 16.4. The molecule has 0 spiro atoms. The molecule has 2 aromatic heterocycles. The van der Waals surface area contributed by atoms with Gasteiger partial charge in [0, 0.05) is 24.6 Å². The maximum Gasteiger partial charge on any atom is 0.306 e. The molecule has 0 aliphatic heterocycles. The van der Waals surface area contributed by atoms with E-state index in [4.69, 9.17) is 5.11 Å². The fourth-order valence-electron chi connectivity index (χ4n) is 2.26. The molecule has 2 aromatic rings. The quantitative estimate of drug-likeness (QED) is 0.858. The Hall–Kier alpha value is -2.37. The Morgan fingerprint density at radius 2 is 2.16 bits per heavy atom. The van der Waals surface area contributed by atoms with Crippen molar-refractivity contribution in [3.63, 3.8) is 0 Å². The van der Waals surface area contributed by atoms with E-state index in [1.807, 2.05) is 0 Å². The molecule has 1 saturated carbocycles. The minimum absolute atomic E-state index is 0.0351. The first-order chi connectivity index (χ1) is 9.13. The Labute approximate surface area is 109 Å². The molecule has 1 aliphatic carbocycles. The second kappa shape index (κ2) is 4.38. The zero-order valence-corrected chi connectivity index (χ0v) is 10.1. The van der Waals surface area contributed by atoms with Crippen molar-refractivity contribution in [1.82, 2.24) is 14.7 Å². The second-order valence-corrected chi connectivity index (χ2v) is 4.79. The normalized spacial score (nSPS) is 21.9. The molecule has 1 aliphatic rings. The largest absolute Gasteiger partial charge is 0.481 e. The van der Waals surface area contributed by atoms with Gasteiger partial charge in [0.25, 0.3) is 5.91 Å². The van der Waals surface area contributed by atoms with E-state index in [-0.39, 0.29) is 17.9 Å². The predicted molar refractivity (Wildman–Crippen MR) is 66.8 cm³/mol. The van der Waals surface area contributed by atoms with Gasteiger partial charge in [-0.25, -0.2) is 4.98 Å². The molecule has 0 radical (unpaired) electrons. The van der Waals surface area contributed by atoms with Crippen molar-refractivity contribution in [3.8, 4) is 0 Å². The number of carboxylic acids is 1. The van der Waals surface area contributed by atoms with Gasteiger partial charge in [-0.05, 0) is 25.0 Å². The van der Waals surface area contributed by atoms with Gasteiger partial charge in [-0.15, -0.1) is 0 Å². The number of rotatable bonds is 3. The summed E-state index contributed by atoms with van der Waals surface area (Å²) in [5, 5.41) is 11.6. The van der Waals surface area contributed by atoms with E-state index in [1.165, 1.54) is 0 Å². The van der Waals surface area contributed by atoms with Gasteiger partial charge in [-0.3, -0.25) is 9.59 Å². The molecule has 6 nitrogen and oxygen atoms in total. The molecule has 1 fully saturated rings. The van der Waals surface area contributed by atoms with Gasteiger partial charge in [0.2, 0.25) is 0 Å². The van der Waals surface area contributed by atoms with E-state index in [1.54, 1.807) is 35.1 Å². The lowest BCUT2D eigenvalue weighted by molar-refractivity contribution is -0.145. The number of hydrogen-bond donors (Lipinski definition) is 2. The Balaban J connectivity index is 1.66. The van der Waals surface area contributed by atoms with E-state index in [0.717, 1.165) is 5.65 Å². The van der Waals surface area contributed by atoms with Crippen LogP contribution in [0.25, 0.3) is 5.65 Å². The summed E-state index contributed by atoms with van der Waals surface area (Å²) in [5.41, 5.74) is 1.33. The zero-order valence-electron chi connectivity index (χ0n) is 10.1. The number of hydrogen-bond acceptors (Lipinski definition) is 3. The molecule has 0 bridgehead atoms. The maximum atomic E-state index is 12.0. The van der Waals surface area contributed by atoms with Crippen LogP contribution in [0.15, 0.2) is 30.7 Å². The Morgan fingerprint density at radius 3 is 2.89 bits per heavy atom. The molecule has 2 N–H and O–H groups in total. The number of amides is 1. The topological polar surface area (TPSA) is 83.7 Å². The lowest BCUT2D eigenvalue weighted by atomic mass is 9.80. The van der Waals surface area contributed by atoms with Gasteiger partial charge in [0.05, 0.1) is 11.5 Å². The lowest BCUT2D eigenvalue weighted by Gasteiger charge is -2.32. The van der Waals surface area contributed by atoms with Gasteiger partial charge in [0.15, 0.2) is 0 Å².